The van der Waals surface area contributed by atoms with Crippen LogP contribution in [-0.4, -0.2) is 4.98 Å². The van der Waals surface area contributed by atoms with Crippen molar-refractivity contribution in [3.05, 3.63) is 89.3 Å². The van der Waals surface area contributed by atoms with Gasteiger partial charge in [0.15, 0.2) is 0 Å². The van der Waals surface area contributed by atoms with Crippen molar-refractivity contribution in [1.29, 1.82) is 0 Å². The Bertz CT molecular complexity index is 754. The summed E-state index contributed by atoms with van der Waals surface area (Å²) in [5.41, 5.74) is 2.75. The molecular formula is C27H43NO. The van der Waals surface area contributed by atoms with Gasteiger partial charge in [-0.1, -0.05) is 97.7 Å². The SMILES string of the molecule is C=CC(C=C)=C(C=C)/C=C(\C)OCc1ccc(=C/C)/c(=C\C)n1.CC.CC.CC. The molecule has 2 heteroatoms. The van der Waals surface area contributed by atoms with Crippen molar-refractivity contribution in [2.45, 2.75) is 68.9 Å². The Morgan fingerprint density at radius 1 is 0.862 bits per heavy atom. The zero-order valence-corrected chi connectivity index (χ0v) is 20.3. The van der Waals surface area contributed by atoms with Gasteiger partial charge in [-0.2, -0.15) is 0 Å². The molecule has 0 atom stereocenters. The van der Waals surface area contributed by atoms with Crippen LogP contribution in [0, 0.1) is 0 Å². The molecule has 0 saturated carbocycles. The Morgan fingerprint density at radius 3 is 1.79 bits per heavy atom. The molecular weight excluding hydrogens is 354 g/mol. The van der Waals surface area contributed by atoms with Gasteiger partial charge in [-0.25, -0.2) is 4.98 Å². The molecule has 0 aliphatic rings. The summed E-state index contributed by atoms with van der Waals surface area (Å²) in [6, 6.07) is 4.04. The first kappa shape index (κ1) is 31.1. The van der Waals surface area contributed by atoms with Crippen LogP contribution < -0.4 is 10.6 Å². The molecule has 29 heavy (non-hydrogen) atoms. The highest BCUT2D eigenvalue weighted by molar-refractivity contribution is 5.45. The van der Waals surface area contributed by atoms with Crippen LogP contribution in [0.2, 0.25) is 0 Å². The van der Waals surface area contributed by atoms with Crippen molar-refractivity contribution in [1.82, 2.24) is 4.98 Å². The first-order valence-corrected chi connectivity index (χ1v) is 10.6. The molecule has 0 aliphatic heterocycles. The molecule has 0 bridgehead atoms. The molecule has 1 aromatic heterocycles. The number of nitrogens with zero attached hydrogens (tertiary/aromatic N) is 1. The number of hydrogen-bond acceptors (Lipinski definition) is 2. The molecule has 1 aromatic rings. The number of allylic oxidation sites excluding steroid dienone is 7. The first-order valence-electron chi connectivity index (χ1n) is 10.6. The predicted octanol–water partition coefficient (Wildman–Crippen LogP) is 7.04. The van der Waals surface area contributed by atoms with E-state index in [1.165, 1.54) is 0 Å². The molecule has 2 nitrogen and oxygen atoms in total. The van der Waals surface area contributed by atoms with E-state index in [4.69, 9.17) is 4.74 Å². The van der Waals surface area contributed by atoms with Gasteiger partial charge in [0.2, 0.25) is 0 Å². The van der Waals surface area contributed by atoms with Gasteiger partial charge in [-0.3, -0.25) is 0 Å². The maximum absolute atomic E-state index is 5.80. The molecule has 0 aliphatic carbocycles. The second-order valence-corrected chi connectivity index (χ2v) is 4.92. The molecule has 162 valence electrons. The number of ether oxygens (including phenoxy) is 1. The fraction of sp³-hybridized carbons (Fsp3) is 0.370. The van der Waals surface area contributed by atoms with E-state index in [0.29, 0.717) is 6.61 Å². The van der Waals surface area contributed by atoms with E-state index >= 15 is 0 Å². The average Bonchev–Trinajstić information content (AvgIpc) is 2.81. The minimum Gasteiger partial charge on any atom is -0.492 e. The fourth-order valence-corrected chi connectivity index (χ4v) is 2.11. The van der Waals surface area contributed by atoms with Crippen molar-refractivity contribution in [3.8, 4) is 0 Å². The lowest BCUT2D eigenvalue weighted by molar-refractivity contribution is 0.197. The van der Waals surface area contributed by atoms with Crippen LogP contribution in [0.5, 0.6) is 0 Å². The second-order valence-electron chi connectivity index (χ2n) is 4.92. The lowest BCUT2D eigenvalue weighted by atomic mass is 10.1. The molecule has 0 aromatic carbocycles. The highest BCUT2D eigenvalue weighted by Crippen LogP contribution is 2.13. The Balaban J connectivity index is -0.00000103. The van der Waals surface area contributed by atoms with Crippen LogP contribution >= 0.6 is 0 Å². The topological polar surface area (TPSA) is 22.1 Å². The predicted molar refractivity (Wildman–Crippen MR) is 134 cm³/mol. The van der Waals surface area contributed by atoms with Gasteiger partial charge in [-0.15, -0.1) is 0 Å². The minimum atomic E-state index is 0.426. The van der Waals surface area contributed by atoms with Crippen molar-refractivity contribution >= 4 is 12.2 Å². The number of aromatic nitrogens is 1. The maximum atomic E-state index is 5.80. The summed E-state index contributed by atoms with van der Waals surface area (Å²) in [7, 11) is 0. The summed E-state index contributed by atoms with van der Waals surface area (Å²) in [5, 5.41) is 2.10. The van der Waals surface area contributed by atoms with Gasteiger partial charge >= 0.3 is 0 Å². The zero-order chi connectivity index (χ0) is 23.2. The van der Waals surface area contributed by atoms with Crippen LogP contribution in [0.1, 0.15) is 68.0 Å². The van der Waals surface area contributed by atoms with Gasteiger partial charge in [-0.05, 0) is 49.3 Å². The van der Waals surface area contributed by atoms with Crippen molar-refractivity contribution in [2.75, 3.05) is 0 Å². The molecule has 0 unspecified atom stereocenters. The first-order chi connectivity index (χ1) is 14.1. The fourth-order valence-electron chi connectivity index (χ4n) is 2.11. The van der Waals surface area contributed by atoms with Gasteiger partial charge < -0.3 is 4.74 Å². The molecule has 0 fully saturated rings. The smallest absolute Gasteiger partial charge is 0.130 e. The summed E-state index contributed by atoms with van der Waals surface area (Å²) in [5.74, 6) is 0.788. The average molecular weight is 398 g/mol. The normalized spacial score (nSPS) is 10.7. The Labute approximate surface area is 180 Å². The number of pyridine rings is 1. The lowest BCUT2D eigenvalue weighted by Crippen LogP contribution is -2.28. The molecule has 0 spiro atoms. The zero-order valence-electron chi connectivity index (χ0n) is 20.3. The van der Waals surface area contributed by atoms with Crippen LogP contribution in [0.3, 0.4) is 0 Å². The lowest BCUT2D eigenvalue weighted by Gasteiger charge is -2.07. The van der Waals surface area contributed by atoms with Crippen molar-refractivity contribution in [2.24, 2.45) is 0 Å². The summed E-state index contributed by atoms with van der Waals surface area (Å²) in [6.07, 6.45) is 11.2. The summed E-state index contributed by atoms with van der Waals surface area (Å²) in [6.45, 7) is 29.7. The molecule has 0 saturated heterocycles. The summed E-state index contributed by atoms with van der Waals surface area (Å²) in [4.78, 5) is 4.60. The molecule has 1 rings (SSSR count). The maximum Gasteiger partial charge on any atom is 0.130 e. The van der Waals surface area contributed by atoms with E-state index < -0.39 is 0 Å². The van der Waals surface area contributed by atoms with E-state index in [-0.39, 0.29) is 0 Å². The third-order valence-corrected chi connectivity index (χ3v) is 3.40. The van der Waals surface area contributed by atoms with Crippen molar-refractivity contribution < 1.29 is 4.74 Å². The van der Waals surface area contributed by atoms with E-state index in [2.05, 4.69) is 30.8 Å². The Kier molecular flexibility index (Phi) is 23.3. The van der Waals surface area contributed by atoms with Gasteiger partial charge in [0.1, 0.15) is 6.61 Å². The summed E-state index contributed by atoms with van der Waals surface area (Å²) < 4.78 is 5.80. The van der Waals surface area contributed by atoms with E-state index in [1.54, 1.807) is 18.2 Å². The van der Waals surface area contributed by atoms with E-state index in [1.807, 2.05) is 86.6 Å². The van der Waals surface area contributed by atoms with Crippen LogP contribution in [-0.2, 0) is 11.3 Å². The quantitative estimate of drug-likeness (QED) is 0.364. The van der Waals surface area contributed by atoms with Crippen LogP contribution in [0.25, 0.3) is 12.2 Å². The van der Waals surface area contributed by atoms with E-state index in [0.717, 1.165) is 33.2 Å². The molecule has 0 amide bonds. The molecule has 0 radical (unpaired) electrons. The highest BCUT2D eigenvalue weighted by Gasteiger charge is 1.99. The summed E-state index contributed by atoms with van der Waals surface area (Å²) >= 11 is 0. The third kappa shape index (κ3) is 12.5. The minimum absolute atomic E-state index is 0.426. The van der Waals surface area contributed by atoms with Gasteiger partial charge in [0.25, 0.3) is 0 Å². The van der Waals surface area contributed by atoms with E-state index in [9.17, 15) is 0 Å². The Morgan fingerprint density at radius 2 is 1.38 bits per heavy atom. The molecule has 0 N–H and O–H groups in total. The number of hydrogen-bond donors (Lipinski definition) is 0. The van der Waals surface area contributed by atoms with Crippen LogP contribution in [0.4, 0.5) is 0 Å². The number of rotatable bonds is 7. The highest BCUT2D eigenvalue weighted by atomic mass is 16.5. The second kappa shape index (κ2) is 21.7. The third-order valence-electron chi connectivity index (χ3n) is 3.40. The Hall–Kier alpha value is -2.61. The van der Waals surface area contributed by atoms with Crippen molar-refractivity contribution in [3.63, 3.8) is 0 Å². The van der Waals surface area contributed by atoms with Gasteiger partial charge in [0, 0.05) is 0 Å². The van der Waals surface area contributed by atoms with Crippen LogP contribution in [0.15, 0.2) is 73.1 Å². The molecule has 1 heterocycles. The standard InChI is InChI=1S/C21H25NO.3C2H6/c1-7-17(8-2)19(10-4)14-16(6)23-15-20-13-12-18(9-3)21(11-5)22-20;3*1-2/h7-14H,1-2,4,15H2,3,5-6H3;3*1-2H3/b16-14+,18-9-,21-11+;;;. The monoisotopic (exact) mass is 397 g/mol. The van der Waals surface area contributed by atoms with Gasteiger partial charge in [0.05, 0.1) is 16.8 Å². The largest absolute Gasteiger partial charge is 0.492 e.